The molecule has 1 aliphatic heterocycles. The molecule has 2 heterocycles. The van der Waals surface area contributed by atoms with Crippen LogP contribution in [0.4, 0.5) is 10.1 Å². The van der Waals surface area contributed by atoms with E-state index in [2.05, 4.69) is 14.6 Å². The Bertz CT molecular complexity index is 823. The van der Waals surface area contributed by atoms with Crippen molar-refractivity contribution in [3.63, 3.8) is 0 Å². The normalized spacial score (nSPS) is 17.0. The van der Waals surface area contributed by atoms with Crippen molar-refractivity contribution in [3.05, 3.63) is 60.2 Å². The third-order valence-corrected chi connectivity index (χ3v) is 6.43. The van der Waals surface area contributed by atoms with Crippen LogP contribution in [0.2, 0.25) is 0 Å². The molecule has 1 fully saturated rings. The number of halogens is 1. The summed E-state index contributed by atoms with van der Waals surface area (Å²) in [5.41, 5.74) is 2.04. The van der Waals surface area contributed by atoms with Crippen LogP contribution in [0.15, 0.2) is 48.8 Å². The van der Waals surface area contributed by atoms with Gasteiger partial charge in [0.1, 0.15) is 11.9 Å². The zero-order chi connectivity index (χ0) is 19.3. The molecule has 0 spiro atoms. The van der Waals surface area contributed by atoms with Crippen LogP contribution in [-0.2, 0) is 10.0 Å². The number of pyridine rings is 1. The average Bonchev–Trinajstić information content (AvgIpc) is 2.70. The van der Waals surface area contributed by atoms with Crippen LogP contribution in [0.3, 0.4) is 0 Å². The molecule has 27 heavy (non-hydrogen) atoms. The van der Waals surface area contributed by atoms with E-state index in [0.717, 1.165) is 37.4 Å². The lowest BCUT2D eigenvalue weighted by atomic mass is 10.1. The van der Waals surface area contributed by atoms with Crippen molar-refractivity contribution < 1.29 is 17.7 Å². The van der Waals surface area contributed by atoms with Crippen molar-refractivity contribution in [3.8, 4) is 0 Å². The molecule has 3 rings (SSSR count). The van der Waals surface area contributed by atoms with Gasteiger partial charge in [-0.25, -0.2) is 17.5 Å². The second-order valence-electron chi connectivity index (χ2n) is 6.71. The predicted octanol–water partition coefficient (Wildman–Crippen LogP) is 0.606. The van der Waals surface area contributed by atoms with Gasteiger partial charge in [0.15, 0.2) is 0 Å². The van der Waals surface area contributed by atoms with E-state index in [9.17, 15) is 12.8 Å². The van der Waals surface area contributed by atoms with Crippen LogP contribution < -0.4 is 14.5 Å². The number of hydrogen-bond acceptors (Lipinski definition) is 4. The molecule has 2 aromatic rings. The lowest BCUT2D eigenvalue weighted by molar-refractivity contribution is -0.930. The van der Waals surface area contributed by atoms with E-state index < -0.39 is 10.0 Å². The maximum absolute atomic E-state index is 13.1. The fraction of sp³-hybridized carbons (Fsp3) is 0.421. The van der Waals surface area contributed by atoms with Crippen molar-refractivity contribution in [2.75, 3.05) is 43.4 Å². The SMILES string of the molecule is CCS(=O)(=O)NCC(c1cccnc1)[NH+]1CCN(c2ccc(F)cc2)CC1. The number of anilines is 1. The molecule has 0 saturated carbocycles. The number of sulfonamides is 1. The standard InChI is InChI=1S/C19H25FN4O2S/c1-2-27(25,26)22-15-19(16-4-3-9-21-14-16)24-12-10-23(11-13-24)18-7-5-17(20)6-8-18/h3-9,14,19,22H,2,10-13,15H2,1H3/p+1. The Labute approximate surface area is 160 Å². The lowest BCUT2D eigenvalue weighted by Crippen LogP contribution is -3.15. The van der Waals surface area contributed by atoms with E-state index in [4.69, 9.17) is 0 Å². The van der Waals surface area contributed by atoms with Crippen LogP contribution in [0.25, 0.3) is 0 Å². The second kappa shape index (κ2) is 8.77. The van der Waals surface area contributed by atoms with E-state index in [1.54, 1.807) is 25.3 Å². The number of nitrogens with zero attached hydrogens (tertiary/aromatic N) is 2. The molecule has 8 heteroatoms. The van der Waals surface area contributed by atoms with Crippen molar-refractivity contribution in [1.82, 2.24) is 9.71 Å². The quantitative estimate of drug-likeness (QED) is 0.723. The Balaban J connectivity index is 1.69. The van der Waals surface area contributed by atoms with Gasteiger partial charge in [-0.2, -0.15) is 0 Å². The molecule has 1 saturated heterocycles. The van der Waals surface area contributed by atoms with E-state index in [1.165, 1.54) is 17.0 Å². The maximum atomic E-state index is 13.1. The minimum atomic E-state index is -3.25. The summed E-state index contributed by atoms with van der Waals surface area (Å²) in [4.78, 5) is 7.75. The van der Waals surface area contributed by atoms with Gasteiger partial charge < -0.3 is 9.80 Å². The third-order valence-electron chi connectivity index (χ3n) is 5.06. The molecule has 0 radical (unpaired) electrons. The van der Waals surface area contributed by atoms with Gasteiger partial charge in [0.25, 0.3) is 0 Å². The molecule has 2 N–H and O–H groups in total. The molecule has 1 atom stereocenters. The topological polar surface area (TPSA) is 66.7 Å². The molecule has 0 bridgehead atoms. The van der Waals surface area contributed by atoms with Crippen LogP contribution in [0, 0.1) is 5.82 Å². The van der Waals surface area contributed by atoms with Gasteiger partial charge in [-0.3, -0.25) is 4.98 Å². The number of piperazine rings is 1. The van der Waals surface area contributed by atoms with E-state index in [1.807, 2.05) is 18.3 Å². The van der Waals surface area contributed by atoms with Gasteiger partial charge in [0.2, 0.25) is 10.0 Å². The minimum absolute atomic E-state index is 0.00962. The summed E-state index contributed by atoms with van der Waals surface area (Å²) >= 11 is 0. The minimum Gasteiger partial charge on any atom is -0.360 e. The smallest absolute Gasteiger partial charge is 0.211 e. The molecule has 1 aromatic heterocycles. The Morgan fingerprint density at radius 3 is 2.52 bits per heavy atom. The Kier molecular flexibility index (Phi) is 6.41. The van der Waals surface area contributed by atoms with Gasteiger partial charge in [-0.05, 0) is 43.3 Å². The van der Waals surface area contributed by atoms with Gasteiger partial charge in [0.05, 0.1) is 38.5 Å². The Morgan fingerprint density at radius 1 is 1.22 bits per heavy atom. The Hall–Kier alpha value is -2.03. The predicted molar refractivity (Wildman–Crippen MR) is 104 cm³/mol. The number of hydrogen-bond donors (Lipinski definition) is 2. The first-order valence-corrected chi connectivity index (χ1v) is 10.9. The van der Waals surface area contributed by atoms with Crippen LogP contribution in [0.1, 0.15) is 18.5 Å². The molecule has 1 aromatic carbocycles. The van der Waals surface area contributed by atoms with Crippen molar-refractivity contribution in [2.45, 2.75) is 13.0 Å². The van der Waals surface area contributed by atoms with E-state index in [0.29, 0.717) is 6.54 Å². The molecule has 6 nitrogen and oxygen atoms in total. The number of aromatic nitrogens is 1. The summed E-state index contributed by atoms with van der Waals surface area (Å²) in [5.74, 6) is -0.164. The summed E-state index contributed by atoms with van der Waals surface area (Å²) in [6.45, 7) is 5.38. The second-order valence-corrected chi connectivity index (χ2v) is 8.81. The number of rotatable bonds is 7. The molecule has 146 valence electrons. The van der Waals surface area contributed by atoms with Crippen molar-refractivity contribution in [1.29, 1.82) is 0 Å². The highest BCUT2D eigenvalue weighted by atomic mass is 32.2. The van der Waals surface area contributed by atoms with Crippen LogP contribution in [0.5, 0.6) is 0 Å². The highest BCUT2D eigenvalue weighted by Gasteiger charge is 2.29. The molecular formula is C19H26FN4O2S+. The fourth-order valence-corrected chi connectivity index (χ4v) is 4.07. The van der Waals surface area contributed by atoms with Gasteiger partial charge in [-0.15, -0.1) is 0 Å². The van der Waals surface area contributed by atoms with E-state index in [-0.39, 0.29) is 17.6 Å². The third kappa shape index (κ3) is 5.24. The summed E-state index contributed by atoms with van der Waals surface area (Å²) in [6.07, 6.45) is 3.53. The number of benzene rings is 1. The molecular weight excluding hydrogens is 367 g/mol. The van der Waals surface area contributed by atoms with Crippen LogP contribution >= 0.6 is 0 Å². The molecule has 0 aliphatic carbocycles. The molecule has 1 unspecified atom stereocenters. The molecule has 1 aliphatic rings. The Morgan fingerprint density at radius 2 is 1.93 bits per heavy atom. The number of nitrogens with one attached hydrogen (secondary N) is 2. The lowest BCUT2D eigenvalue weighted by Gasteiger charge is -2.37. The van der Waals surface area contributed by atoms with Gasteiger partial charge in [0, 0.05) is 23.6 Å². The highest BCUT2D eigenvalue weighted by Crippen LogP contribution is 2.15. The fourth-order valence-electron chi connectivity index (χ4n) is 3.44. The monoisotopic (exact) mass is 393 g/mol. The van der Waals surface area contributed by atoms with Crippen molar-refractivity contribution in [2.24, 2.45) is 0 Å². The van der Waals surface area contributed by atoms with Crippen molar-refractivity contribution >= 4 is 15.7 Å². The first-order valence-electron chi connectivity index (χ1n) is 9.21. The first-order chi connectivity index (χ1) is 13.0. The summed E-state index contributed by atoms with van der Waals surface area (Å²) in [7, 11) is -3.25. The van der Waals surface area contributed by atoms with E-state index >= 15 is 0 Å². The highest BCUT2D eigenvalue weighted by molar-refractivity contribution is 7.89. The molecule has 0 amide bonds. The summed E-state index contributed by atoms with van der Waals surface area (Å²) in [5, 5.41) is 0. The van der Waals surface area contributed by atoms with Crippen LogP contribution in [-0.4, -0.2) is 51.9 Å². The summed E-state index contributed by atoms with van der Waals surface area (Å²) < 4.78 is 39.7. The zero-order valence-electron chi connectivity index (χ0n) is 15.4. The van der Waals surface area contributed by atoms with Gasteiger partial charge >= 0.3 is 0 Å². The first kappa shape index (κ1) is 19.7. The summed E-state index contributed by atoms with van der Waals surface area (Å²) in [6, 6.07) is 10.4. The zero-order valence-corrected chi connectivity index (χ0v) is 16.3. The number of quaternary nitrogens is 1. The average molecular weight is 394 g/mol. The maximum Gasteiger partial charge on any atom is 0.211 e. The largest absolute Gasteiger partial charge is 0.360 e. The van der Waals surface area contributed by atoms with Gasteiger partial charge in [-0.1, -0.05) is 0 Å².